The van der Waals surface area contributed by atoms with Crippen molar-refractivity contribution < 1.29 is 14.5 Å². The molecule has 7 heteroatoms. The van der Waals surface area contributed by atoms with Crippen molar-refractivity contribution >= 4 is 17.3 Å². The summed E-state index contributed by atoms with van der Waals surface area (Å²) in [6, 6.07) is 10.9. The molecule has 3 rings (SSSR count). The maximum absolute atomic E-state index is 12.0. The van der Waals surface area contributed by atoms with Crippen LogP contribution in [0, 0.1) is 17.0 Å². The number of hydrogen-bond donors (Lipinski definition) is 1. The first-order valence-corrected chi connectivity index (χ1v) is 9.27. The van der Waals surface area contributed by atoms with Gasteiger partial charge in [-0.05, 0) is 73.9 Å². The van der Waals surface area contributed by atoms with Gasteiger partial charge in [-0.25, -0.2) is 5.43 Å². The number of aryl methyl sites for hydroxylation is 3. The van der Waals surface area contributed by atoms with E-state index in [1.165, 1.54) is 36.1 Å². The van der Waals surface area contributed by atoms with Gasteiger partial charge in [-0.1, -0.05) is 18.2 Å². The lowest BCUT2D eigenvalue weighted by atomic mass is 9.90. The molecular formula is C21H23N3O4. The Labute approximate surface area is 163 Å². The fraction of sp³-hybridized carbons (Fsp3) is 0.333. The Bertz CT molecular complexity index is 937. The zero-order chi connectivity index (χ0) is 20.1. The number of nitrogens with zero attached hydrogens (tertiary/aromatic N) is 2. The summed E-state index contributed by atoms with van der Waals surface area (Å²) >= 11 is 0. The molecule has 0 saturated carbocycles. The zero-order valence-electron chi connectivity index (χ0n) is 16.0. The highest BCUT2D eigenvalue weighted by atomic mass is 16.6. The second-order valence-corrected chi connectivity index (χ2v) is 6.94. The molecule has 0 spiro atoms. The predicted octanol–water partition coefficient (Wildman–Crippen LogP) is 3.70. The summed E-state index contributed by atoms with van der Waals surface area (Å²) < 4.78 is 5.30. The molecule has 0 heterocycles. The lowest BCUT2D eigenvalue weighted by Crippen LogP contribution is -2.25. The number of nitro benzene ring substituents is 1. The van der Waals surface area contributed by atoms with Crippen molar-refractivity contribution in [3.05, 3.63) is 68.8 Å². The second-order valence-electron chi connectivity index (χ2n) is 6.94. The molecule has 0 bridgehead atoms. The number of nitrogens with one attached hydrogen (secondary N) is 1. The zero-order valence-corrected chi connectivity index (χ0v) is 16.0. The van der Waals surface area contributed by atoms with Crippen molar-refractivity contribution in [2.24, 2.45) is 5.10 Å². The van der Waals surface area contributed by atoms with Crippen LogP contribution in [0.25, 0.3) is 0 Å². The smallest absolute Gasteiger partial charge is 0.311 e. The molecule has 7 nitrogen and oxygen atoms in total. The maximum Gasteiger partial charge on any atom is 0.311 e. The van der Waals surface area contributed by atoms with E-state index in [2.05, 4.69) is 22.7 Å². The molecule has 0 saturated heterocycles. The first-order valence-electron chi connectivity index (χ1n) is 9.27. The molecule has 0 unspecified atom stereocenters. The Morgan fingerprint density at radius 2 is 1.93 bits per heavy atom. The van der Waals surface area contributed by atoms with Crippen LogP contribution in [0.2, 0.25) is 0 Å². The van der Waals surface area contributed by atoms with Gasteiger partial charge in [0.2, 0.25) is 0 Å². The minimum absolute atomic E-state index is 0.0566. The van der Waals surface area contributed by atoms with E-state index in [-0.39, 0.29) is 18.0 Å². The van der Waals surface area contributed by atoms with Crippen molar-refractivity contribution in [3.63, 3.8) is 0 Å². The van der Waals surface area contributed by atoms with Gasteiger partial charge in [0.1, 0.15) is 0 Å². The van der Waals surface area contributed by atoms with Crippen LogP contribution in [-0.4, -0.2) is 23.1 Å². The highest BCUT2D eigenvalue weighted by molar-refractivity contribution is 5.99. The van der Waals surface area contributed by atoms with E-state index in [0.717, 1.165) is 24.0 Å². The summed E-state index contributed by atoms with van der Waals surface area (Å²) in [4.78, 5) is 22.6. The molecule has 2 aromatic rings. The standard InChI is InChI=1S/C21H23N3O4/c1-14-7-10-20(19(11-14)24(26)27)28-13-21(25)23-22-15(2)17-9-8-16-5-3-4-6-18(16)12-17/h7-12H,3-6,13H2,1-2H3,(H,23,25)/b22-15+. The lowest BCUT2D eigenvalue weighted by Gasteiger charge is -2.16. The largest absolute Gasteiger partial charge is 0.477 e. The summed E-state index contributed by atoms with van der Waals surface area (Å²) in [7, 11) is 0. The normalized spacial score (nSPS) is 13.6. The third kappa shape index (κ3) is 4.73. The molecule has 1 aliphatic carbocycles. The SMILES string of the molecule is C/C(=N\NC(=O)COc1ccc(C)cc1[N+](=O)[O-])c1ccc2c(c1)CCCC2. The van der Waals surface area contributed by atoms with Gasteiger partial charge < -0.3 is 4.74 Å². The second kappa shape index (κ2) is 8.65. The summed E-state index contributed by atoms with van der Waals surface area (Å²) in [6.07, 6.45) is 4.62. The van der Waals surface area contributed by atoms with Gasteiger partial charge in [-0.15, -0.1) is 0 Å². The van der Waals surface area contributed by atoms with Crippen molar-refractivity contribution in [1.29, 1.82) is 0 Å². The number of benzene rings is 2. The fourth-order valence-electron chi connectivity index (χ4n) is 3.24. The van der Waals surface area contributed by atoms with E-state index in [0.29, 0.717) is 5.71 Å². The first kappa shape index (κ1) is 19.5. The number of carbonyl (C=O) groups excluding carboxylic acids is 1. The van der Waals surface area contributed by atoms with E-state index < -0.39 is 10.8 Å². The highest BCUT2D eigenvalue weighted by Crippen LogP contribution is 2.27. The van der Waals surface area contributed by atoms with Gasteiger partial charge >= 0.3 is 5.69 Å². The molecule has 2 aromatic carbocycles. The van der Waals surface area contributed by atoms with Crippen LogP contribution in [0.3, 0.4) is 0 Å². The molecule has 1 N–H and O–H groups in total. The van der Waals surface area contributed by atoms with Crippen LogP contribution < -0.4 is 10.2 Å². The number of amides is 1. The van der Waals surface area contributed by atoms with Crippen molar-refractivity contribution in [2.45, 2.75) is 39.5 Å². The van der Waals surface area contributed by atoms with Crippen LogP contribution in [0.5, 0.6) is 5.75 Å². The average molecular weight is 381 g/mol. The molecule has 146 valence electrons. The summed E-state index contributed by atoms with van der Waals surface area (Å²) in [6.45, 7) is 3.23. The van der Waals surface area contributed by atoms with Crippen LogP contribution in [0.1, 0.15) is 42.0 Å². The molecule has 0 aromatic heterocycles. The number of hydrazone groups is 1. The third-order valence-corrected chi connectivity index (χ3v) is 4.78. The quantitative estimate of drug-likeness (QED) is 0.469. The predicted molar refractivity (Wildman–Crippen MR) is 107 cm³/mol. The Balaban J connectivity index is 1.60. The Morgan fingerprint density at radius 1 is 1.18 bits per heavy atom. The molecule has 0 fully saturated rings. The monoisotopic (exact) mass is 381 g/mol. The molecule has 0 aliphatic heterocycles. The topological polar surface area (TPSA) is 93.8 Å². The van der Waals surface area contributed by atoms with Crippen LogP contribution in [0.4, 0.5) is 5.69 Å². The minimum Gasteiger partial charge on any atom is -0.477 e. The number of nitro groups is 1. The molecule has 0 atom stereocenters. The van der Waals surface area contributed by atoms with Gasteiger partial charge in [-0.3, -0.25) is 14.9 Å². The summed E-state index contributed by atoms with van der Waals surface area (Å²) in [5, 5.41) is 15.2. The minimum atomic E-state index is -0.529. The summed E-state index contributed by atoms with van der Waals surface area (Å²) in [5.41, 5.74) is 7.43. The van der Waals surface area contributed by atoms with E-state index in [1.807, 2.05) is 13.0 Å². The Kier molecular flexibility index (Phi) is 6.03. The van der Waals surface area contributed by atoms with Crippen LogP contribution in [0.15, 0.2) is 41.5 Å². The van der Waals surface area contributed by atoms with Gasteiger partial charge in [0.05, 0.1) is 10.6 Å². The number of carbonyl (C=O) groups is 1. The number of fused-ring (bicyclic) bond motifs is 1. The highest BCUT2D eigenvalue weighted by Gasteiger charge is 2.16. The third-order valence-electron chi connectivity index (χ3n) is 4.78. The lowest BCUT2D eigenvalue weighted by molar-refractivity contribution is -0.385. The van der Waals surface area contributed by atoms with Crippen LogP contribution >= 0.6 is 0 Å². The average Bonchev–Trinajstić information content (AvgIpc) is 2.70. The Hall–Kier alpha value is -3.22. The Morgan fingerprint density at radius 3 is 2.68 bits per heavy atom. The maximum atomic E-state index is 12.0. The van der Waals surface area contributed by atoms with Crippen molar-refractivity contribution in [1.82, 2.24) is 5.43 Å². The van der Waals surface area contributed by atoms with Crippen LogP contribution in [-0.2, 0) is 17.6 Å². The van der Waals surface area contributed by atoms with Crippen molar-refractivity contribution in [2.75, 3.05) is 6.61 Å². The van der Waals surface area contributed by atoms with E-state index in [1.54, 1.807) is 13.0 Å². The first-order chi connectivity index (χ1) is 13.4. The molecular weight excluding hydrogens is 358 g/mol. The van der Waals surface area contributed by atoms with Crippen molar-refractivity contribution in [3.8, 4) is 5.75 Å². The van der Waals surface area contributed by atoms with Gasteiger partial charge in [-0.2, -0.15) is 5.10 Å². The molecule has 28 heavy (non-hydrogen) atoms. The summed E-state index contributed by atoms with van der Waals surface area (Å²) in [5.74, 6) is -0.423. The number of rotatable bonds is 6. The molecule has 1 amide bonds. The van der Waals surface area contributed by atoms with Gasteiger partial charge in [0, 0.05) is 6.07 Å². The van der Waals surface area contributed by atoms with Gasteiger partial charge in [0.25, 0.3) is 5.91 Å². The number of hydrogen-bond acceptors (Lipinski definition) is 5. The molecule has 1 aliphatic rings. The number of ether oxygens (including phenoxy) is 1. The van der Waals surface area contributed by atoms with E-state index >= 15 is 0 Å². The van der Waals surface area contributed by atoms with Gasteiger partial charge in [0.15, 0.2) is 12.4 Å². The molecule has 0 radical (unpaired) electrons. The fourth-order valence-corrected chi connectivity index (χ4v) is 3.24. The van der Waals surface area contributed by atoms with E-state index in [4.69, 9.17) is 4.74 Å². The van der Waals surface area contributed by atoms with E-state index in [9.17, 15) is 14.9 Å².